The third-order valence-electron chi connectivity index (χ3n) is 5.79. The van der Waals surface area contributed by atoms with Crippen molar-refractivity contribution in [3.8, 4) is 5.75 Å². The molecule has 0 spiro atoms. The Morgan fingerprint density at radius 1 is 1.03 bits per heavy atom. The minimum atomic E-state index is -0.469. The standard InChI is InChI=1S/C24H31N3O3/c1-17-13-18(2)15-20(14-17)26-23(29)27-11-9-24(3,10-12-27)22(28)25-16-19-5-7-21(30-4)8-6-19/h5-8,13-15H,9-12,16H2,1-4H3,(H,25,28)(H,26,29). The second kappa shape index (κ2) is 9.20. The summed E-state index contributed by atoms with van der Waals surface area (Å²) in [4.78, 5) is 27.2. The smallest absolute Gasteiger partial charge is 0.321 e. The minimum absolute atomic E-state index is 0.0349. The summed E-state index contributed by atoms with van der Waals surface area (Å²) in [5.41, 5.74) is 3.60. The Morgan fingerprint density at radius 2 is 1.63 bits per heavy atom. The zero-order chi connectivity index (χ0) is 21.7. The number of nitrogens with zero attached hydrogens (tertiary/aromatic N) is 1. The van der Waals surface area contributed by atoms with Crippen LogP contribution >= 0.6 is 0 Å². The number of nitrogens with one attached hydrogen (secondary N) is 2. The normalized spacial score (nSPS) is 15.4. The molecule has 3 rings (SSSR count). The van der Waals surface area contributed by atoms with Gasteiger partial charge in [0.15, 0.2) is 0 Å². The van der Waals surface area contributed by atoms with Crippen LogP contribution in [-0.4, -0.2) is 37.0 Å². The highest BCUT2D eigenvalue weighted by molar-refractivity contribution is 5.90. The van der Waals surface area contributed by atoms with Gasteiger partial charge in [-0.25, -0.2) is 4.79 Å². The van der Waals surface area contributed by atoms with E-state index >= 15 is 0 Å². The number of amides is 3. The van der Waals surface area contributed by atoms with Gasteiger partial charge >= 0.3 is 6.03 Å². The Labute approximate surface area is 178 Å². The van der Waals surface area contributed by atoms with Gasteiger partial charge in [-0.2, -0.15) is 0 Å². The molecular formula is C24H31N3O3. The largest absolute Gasteiger partial charge is 0.497 e. The molecule has 6 nitrogen and oxygen atoms in total. The van der Waals surface area contributed by atoms with Crippen LogP contribution in [0, 0.1) is 19.3 Å². The number of hydrogen-bond donors (Lipinski definition) is 2. The summed E-state index contributed by atoms with van der Waals surface area (Å²) in [6.45, 7) is 7.61. The molecule has 0 unspecified atom stereocenters. The summed E-state index contributed by atoms with van der Waals surface area (Å²) in [5.74, 6) is 0.830. The van der Waals surface area contributed by atoms with Gasteiger partial charge in [0, 0.05) is 30.7 Å². The Bertz CT molecular complexity index is 880. The SMILES string of the molecule is COc1ccc(CNC(=O)C2(C)CCN(C(=O)Nc3cc(C)cc(C)c3)CC2)cc1. The van der Waals surface area contributed by atoms with Gasteiger partial charge in [-0.1, -0.05) is 25.1 Å². The van der Waals surface area contributed by atoms with E-state index in [1.807, 2.05) is 57.2 Å². The van der Waals surface area contributed by atoms with Crippen molar-refractivity contribution in [1.82, 2.24) is 10.2 Å². The minimum Gasteiger partial charge on any atom is -0.497 e. The quantitative estimate of drug-likeness (QED) is 0.775. The van der Waals surface area contributed by atoms with Gasteiger partial charge in [0.25, 0.3) is 0 Å². The van der Waals surface area contributed by atoms with Crippen molar-refractivity contribution in [1.29, 1.82) is 0 Å². The first-order valence-electron chi connectivity index (χ1n) is 10.3. The van der Waals surface area contributed by atoms with Crippen LogP contribution in [0.1, 0.15) is 36.5 Å². The molecule has 0 saturated carbocycles. The highest BCUT2D eigenvalue weighted by Crippen LogP contribution is 2.31. The average molecular weight is 410 g/mol. The number of aryl methyl sites for hydroxylation is 2. The first-order valence-corrected chi connectivity index (χ1v) is 10.3. The van der Waals surface area contributed by atoms with Crippen LogP contribution < -0.4 is 15.4 Å². The van der Waals surface area contributed by atoms with E-state index in [0.717, 1.165) is 28.1 Å². The van der Waals surface area contributed by atoms with Crippen LogP contribution in [0.5, 0.6) is 5.75 Å². The number of anilines is 1. The molecule has 30 heavy (non-hydrogen) atoms. The van der Waals surface area contributed by atoms with E-state index in [0.29, 0.717) is 32.5 Å². The predicted octanol–water partition coefficient (Wildman–Crippen LogP) is 4.26. The molecule has 3 amide bonds. The molecular weight excluding hydrogens is 378 g/mol. The fraction of sp³-hybridized carbons (Fsp3) is 0.417. The number of benzene rings is 2. The van der Waals surface area contributed by atoms with Crippen molar-refractivity contribution >= 4 is 17.6 Å². The lowest BCUT2D eigenvalue weighted by Gasteiger charge is -2.38. The van der Waals surface area contributed by atoms with Crippen LogP contribution in [0.15, 0.2) is 42.5 Å². The molecule has 160 valence electrons. The maximum atomic E-state index is 12.8. The Balaban J connectivity index is 1.51. The van der Waals surface area contributed by atoms with E-state index in [4.69, 9.17) is 4.74 Å². The van der Waals surface area contributed by atoms with Crippen molar-refractivity contribution in [2.75, 3.05) is 25.5 Å². The summed E-state index contributed by atoms with van der Waals surface area (Å²) in [6, 6.07) is 13.6. The number of carbonyl (C=O) groups excluding carboxylic acids is 2. The average Bonchev–Trinajstić information content (AvgIpc) is 2.72. The van der Waals surface area contributed by atoms with Crippen LogP contribution in [0.25, 0.3) is 0 Å². The lowest BCUT2D eigenvalue weighted by Crippen LogP contribution is -2.49. The molecule has 2 N–H and O–H groups in total. The van der Waals surface area contributed by atoms with Crippen molar-refractivity contribution < 1.29 is 14.3 Å². The molecule has 0 bridgehead atoms. The van der Waals surface area contributed by atoms with Crippen molar-refractivity contribution in [2.24, 2.45) is 5.41 Å². The molecule has 0 atom stereocenters. The van der Waals surface area contributed by atoms with Crippen LogP contribution in [0.2, 0.25) is 0 Å². The lowest BCUT2D eigenvalue weighted by atomic mass is 9.79. The van der Waals surface area contributed by atoms with E-state index in [9.17, 15) is 9.59 Å². The lowest BCUT2D eigenvalue weighted by molar-refractivity contribution is -0.132. The highest BCUT2D eigenvalue weighted by Gasteiger charge is 2.37. The molecule has 1 aliphatic heterocycles. The zero-order valence-corrected chi connectivity index (χ0v) is 18.2. The van der Waals surface area contributed by atoms with Gasteiger partial charge < -0.3 is 20.3 Å². The predicted molar refractivity (Wildman–Crippen MR) is 119 cm³/mol. The molecule has 1 saturated heterocycles. The maximum absolute atomic E-state index is 12.8. The molecule has 1 heterocycles. The highest BCUT2D eigenvalue weighted by atomic mass is 16.5. The second-order valence-electron chi connectivity index (χ2n) is 8.39. The van der Waals surface area contributed by atoms with Gasteiger partial charge in [-0.3, -0.25) is 4.79 Å². The fourth-order valence-electron chi connectivity index (χ4n) is 3.82. The Morgan fingerprint density at radius 3 is 2.20 bits per heavy atom. The summed E-state index contributed by atoms with van der Waals surface area (Å²) in [5, 5.41) is 6.03. The number of ether oxygens (including phenoxy) is 1. The van der Waals surface area contributed by atoms with E-state index < -0.39 is 5.41 Å². The number of piperidine rings is 1. The topological polar surface area (TPSA) is 70.7 Å². The number of hydrogen-bond acceptors (Lipinski definition) is 3. The van der Waals surface area contributed by atoms with Crippen molar-refractivity contribution in [3.05, 3.63) is 59.2 Å². The van der Waals surface area contributed by atoms with Crippen LogP contribution in [-0.2, 0) is 11.3 Å². The molecule has 0 radical (unpaired) electrons. The van der Waals surface area contributed by atoms with Crippen LogP contribution in [0.3, 0.4) is 0 Å². The third kappa shape index (κ3) is 5.32. The first-order chi connectivity index (χ1) is 14.3. The number of likely N-dealkylation sites (tertiary alicyclic amines) is 1. The Hall–Kier alpha value is -3.02. The summed E-state index contributed by atoms with van der Waals surface area (Å²) >= 11 is 0. The zero-order valence-electron chi connectivity index (χ0n) is 18.2. The Kier molecular flexibility index (Phi) is 6.65. The molecule has 2 aromatic carbocycles. The molecule has 2 aromatic rings. The summed E-state index contributed by atoms with van der Waals surface area (Å²) < 4.78 is 5.16. The number of methoxy groups -OCH3 is 1. The van der Waals surface area contributed by atoms with Gasteiger partial charge in [0.2, 0.25) is 5.91 Å². The van der Waals surface area contributed by atoms with E-state index in [1.165, 1.54) is 0 Å². The first kappa shape index (κ1) is 21.7. The van der Waals surface area contributed by atoms with Gasteiger partial charge in [0.05, 0.1) is 7.11 Å². The maximum Gasteiger partial charge on any atom is 0.321 e. The fourth-order valence-corrected chi connectivity index (χ4v) is 3.82. The van der Waals surface area contributed by atoms with Gasteiger partial charge in [-0.05, 0) is 67.6 Å². The van der Waals surface area contributed by atoms with Gasteiger partial charge in [-0.15, -0.1) is 0 Å². The van der Waals surface area contributed by atoms with E-state index in [2.05, 4.69) is 16.7 Å². The monoisotopic (exact) mass is 409 g/mol. The summed E-state index contributed by atoms with van der Waals surface area (Å²) in [6.07, 6.45) is 1.28. The van der Waals surface area contributed by atoms with E-state index in [1.54, 1.807) is 12.0 Å². The summed E-state index contributed by atoms with van der Waals surface area (Å²) in [7, 11) is 1.63. The third-order valence-corrected chi connectivity index (χ3v) is 5.79. The van der Waals surface area contributed by atoms with Crippen molar-refractivity contribution in [3.63, 3.8) is 0 Å². The number of urea groups is 1. The number of carbonyl (C=O) groups is 2. The van der Waals surface area contributed by atoms with Gasteiger partial charge in [0.1, 0.15) is 5.75 Å². The molecule has 1 fully saturated rings. The van der Waals surface area contributed by atoms with E-state index in [-0.39, 0.29) is 11.9 Å². The van der Waals surface area contributed by atoms with Crippen LogP contribution in [0.4, 0.5) is 10.5 Å². The van der Waals surface area contributed by atoms with Crippen molar-refractivity contribution in [2.45, 2.75) is 40.2 Å². The number of rotatable bonds is 5. The molecule has 0 aliphatic carbocycles. The molecule has 0 aromatic heterocycles. The molecule has 1 aliphatic rings. The molecule has 6 heteroatoms. The second-order valence-corrected chi connectivity index (χ2v) is 8.39.